The van der Waals surface area contributed by atoms with E-state index in [9.17, 15) is 19.1 Å². The number of aromatic amines is 1. The summed E-state index contributed by atoms with van der Waals surface area (Å²) in [7, 11) is 0. The first-order valence-electron chi connectivity index (χ1n) is 6.57. The van der Waals surface area contributed by atoms with Crippen molar-refractivity contribution in [3.63, 3.8) is 0 Å². The van der Waals surface area contributed by atoms with Crippen LogP contribution in [-0.4, -0.2) is 41.2 Å². The lowest BCUT2D eigenvalue weighted by Gasteiger charge is -2.15. The molecule has 1 amide bonds. The number of carbonyl (C=O) groups excluding carboxylic acids is 1. The third-order valence-electron chi connectivity index (χ3n) is 3.59. The molecule has 1 saturated heterocycles. The topological polar surface area (TPSA) is 94.2 Å². The third-order valence-corrected chi connectivity index (χ3v) is 3.59. The van der Waals surface area contributed by atoms with Gasteiger partial charge >= 0.3 is 0 Å². The molecule has 3 rings (SSSR count). The van der Waals surface area contributed by atoms with E-state index >= 15 is 0 Å². The van der Waals surface area contributed by atoms with Crippen LogP contribution in [0.3, 0.4) is 0 Å². The molecule has 1 aliphatic heterocycles. The smallest absolute Gasteiger partial charge is 0.257 e. The summed E-state index contributed by atoms with van der Waals surface area (Å²) in [6.07, 6.45) is 0.609. The maximum atomic E-state index is 13.2. The summed E-state index contributed by atoms with van der Waals surface area (Å²) in [4.78, 5) is 27.2. The van der Waals surface area contributed by atoms with E-state index in [1.54, 1.807) is 0 Å². The zero-order valence-corrected chi connectivity index (χ0v) is 11.0. The van der Waals surface area contributed by atoms with Gasteiger partial charge in [-0.1, -0.05) is 0 Å². The van der Waals surface area contributed by atoms with Crippen LogP contribution in [0.4, 0.5) is 4.39 Å². The number of amides is 1. The zero-order valence-electron chi connectivity index (χ0n) is 11.0. The lowest BCUT2D eigenvalue weighted by Crippen LogP contribution is -2.44. The summed E-state index contributed by atoms with van der Waals surface area (Å²) in [6.45, 7) is 0.831. The quantitative estimate of drug-likeness (QED) is 0.612. The van der Waals surface area contributed by atoms with Gasteiger partial charge in [-0.25, -0.2) is 4.39 Å². The Kier molecular flexibility index (Phi) is 3.44. The molecule has 2 heterocycles. The van der Waals surface area contributed by atoms with Crippen LogP contribution in [0.15, 0.2) is 29.2 Å². The van der Waals surface area contributed by atoms with Gasteiger partial charge in [0.2, 0.25) is 5.43 Å². The van der Waals surface area contributed by atoms with Crippen molar-refractivity contribution in [3.05, 3.63) is 46.0 Å². The molecule has 0 unspecified atom stereocenters. The highest BCUT2D eigenvalue weighted by molar-refractivity contribution is 5.97. The van der Waals surface area contributed by atoms with E-state index in [0.29, 0.717) is 18.6 Å². The Morgan fingerprint density at radius 3 is 2.90 bits per heavy atom. The molecule has 0 bridgehead atoms. The van der Waals surface area contributed by atoms with Gasteiger partial charge in [0, 0.05) is 30.2 Å². The highest BCUT2D eigenvalue weighted by atomic mass is 19.1. The number of aliphatic hydroxyl groups is 1. The minimum atomic E-state index is -0.689. The molecule has 0 radical (unpaired) electrons. The Hall–Kier alpha value is -2.25. The molecular weight excluding hydrogens is 277 g/mol. The van der Waals surface area contributed by atoms with Gasteiger partial charge in [0.15, 0.2) is 0 Å². The van der Waals surface area contributed by atoms with Crippen LogP contribution >= 0.6 is 0 Å². The van der Waals surface area contributed by atoms with Crippen LogP contribution in [0, 0.1) is 5.82 Å². The predicted molar refractivity (Wildman–Crippen MR) is 74.7 cm³/mol. The summed E-state index contributed by atoms with van der Waals surface area (Å²) in [5, 5.41) is 15.3. The van der Waals surface area contributed by atoms with Gasteiger partial charge in [0.1, 0.15) is 11.4 Å². The summed E-state index contributed by atoms with van der Waals surface area (Å²) in [5.74, 6) is -1.13. The predicted octanol–water partition coefficient (Wildman–Crippen LogP) is -0.270. The Morgan fingerprint density at radius 2 is 2.19 bits per heavy atom. The lowest BCUT2D eigenvalue weighted by atomic mass is 10.1. The number of β-amino-alcohol motifs (C(OH)–C–C–N with tert-alkyl or cyclic N) is 1. The average Bonchev–Trinajstić information content (AvgIpc) is 2.85. The van der Waals surface area contributed by atoms with Crippen molar-refractivity contribution in [1.82, 2.24) is 15.6 Å². The minimum Gasteiger partial charge on any atom is -0.390 e. The molecule has 7 heteroatoms. The summed E-state index contributed by atoms with van der Waals surface area (Å²) >= 11 is 0. The molecule has 1 aromatic heterocycles. The van der Waals surface area contributed by atoms with Crippen LogP contribution < -0.4 is 16.1 Å². The van der Waals surface area contributed by atoms with Gasteiger partial charge in [-0.3, -0.25) is 9.59 Å². The molecule has 1 fully saturated rings. The molecule has 0 saturated carbocycles. The number of hydrogen-bond donors (Lipinski definition) is 4. The molecule has 2 aromatic rings. The molecule has 1 aromatic carbocycles. The van der Waals surface area contributed by atoms with Crippen LogP contribution in [-0.2, 0) is 0 Å². The molecule has 1 aliphatic rings. The van der Waals surface area contributed by atoms with E-state index in [-0.39, 0.29) is 10.9 Å². The van der Waals surface area contributed by atoms with E-state index in [2.05, 4.69) is 15.6 Å². The van der Waals surface area contributed by atoms with Crippen molar-refractivity contribution in [2.45, 2.75) is 12.1 Å². The number of aromatic nitrogens is 1. The van der Waals surface area contributed by atoms with Crippen molar-refractivity contribution < 1.29 is 14.3 Å². The van der Waals surface area contributed by atoms with Gasteiger partial charge in [-0.15, -0.1) is 0 Å². The van der Waals surface area contributed by atoms with E-state index < -0.39 is 29.3 Å². The van der Waals surface area contributed by atoms with Crippen LogP contribution in [0.25, 0.3) is 10.9 Å². The number of benzene rings is 1. The standard InChI is InChI=1S/C14H14FN3O3/c15-7-1-2-10-8(3-7)13(20)9(4-17-10)14(21)18-11-5-16-6-12(11)19/h1-4,11-12,16,19H,5-6H2,(H,17,20)(H,18,21)/t11-,12-/m1/s1. The fourth-order valence-corrected chi connectivity index (χ4v) is 2.42. The first-order chi connectivity index (χ1) is 10.1. The normalized spacial score (nSPS) is 21.6. The molecule has 4 N–H and O–H groups in total. The SMILES string of the molecule is O=C(N[C@@H]1CNC[C@H]1O)c1c[nH]c2ccc(F)cc2c1=O. The number of carbonyl (C=O) groups is 1. The van der Waals surface area contributed by atoms with Gasteiger partial charge in [-0.2, -0.15) is 0 Å². The highest BCUT2D eigenvalue weighted by Crippen LogP contribution is 2.10. The Bertz CT molecular complexity index is 759. The van der Waals surface area contributed by atoms with Crippen molar-refractivity contribution in [2.24, 2.45) is 0 Å². The van der Waals surface area contributed by atoms with Crippen LogP contribution in [0.2, 0.25) is 0 Å². The minimum absolute atomic E-state index is 0.104. The van der Waals surface area contributed by atoms with Crippen LogP contribution in [0.1, 0.15) is 10.4 Å². The zero-order chi connectivity index (χ0) is 15.0. The Labute approximate surface area is 119 Å². The van der Waals surface area contributed by atoms with Crippen LogP contribution in [0.5, 0.6) is 0 Å². The number of nitrogens with one attached hydrogen (secondary N) is 3. The van der Waals surface area contributed by atoms with Crippen molar-refractivity contribution >= 4 is 16.8 Å². The molecule has 21 heavy (non-hydrogen) atoms. The fraction of sp³-hybridized carbons (Fsp3) is 0.286. The first kappa shape index (κ1) is 13.7. The number of rotatable bonds is 2. The van der Waals surface area contributed by atoms with Crippen molar-refractivity contribution in [2.75, 3.05) is 13.1 Å². The molecule has 6 nitrogen and oxygen atoms in total. The molecular formula is C14H14FN3O3. The second kappa shape index (κ2) is 5.27. The van der Waals surface area contributed by atoms with E-state index in [4.69, 9.17) is 0 Å². The largest absolute Gasteiger partial charge is 0.390 e. The number of pyridine rings is 1. The molecule has 110 valence electrons. The monoisotopic (exact) mass is 291 g/mol. The Balaban J connectivity index is 1.95. The van der Waals surface area contributed by atoms with Crippen molar-refractivity contribution in [1.29, 1.82) is 0 Å². The van der Waals surface area contributed by atoms with Gasteiger partial charge in [0.05, 0.1) is 12.1 Å². The number of halogens is 1. The molecule has 0 spiro atoms. The summed E-state index contributed by atoms with van der Waals surface area (Å²) in [6, 6.07) is 3.33. The second-order valence-electron chi connectivity index (χ2n) is 5.03. The van der Waals surface area contributed by atoms with E-state index in [1.807, 2.05) is 0 Å². The van der Waals surface area contributed by atoms with E-state index in [0.717, 1.165) is 6.07 Å². The number of aliphatic hydroxyl groups excluding tert-OH is 1. The van der Waals surface area contributed by atoms with Gasteiger partial charge in [-0.05, 0) is 18.2 Å². The van der Waals surface area contributed by atoms with Gasteiger partial charge < -0.3 is 20.7 Å². The third kappa shape index (κ3) is 2.53. The van der Waals surface area contributed by atoms with Crippen molar-refractivity contribution in [3.8, 4) is 0 Å². The molecule has 0 aliphatic carbocycles. The maximum absolute atomic E-state index is 13.2. The van der Waals surface area contributed by atoms with E-state index in [1.165, 1.54) is 18.3 Å². The lowest BCUT2D eigenvalue weighted by molar-refractivity contribution is 0.0887. The maximum Gasteiger partial charge on any atom is 0.257 e. The first-order valence-corrected chi connectivity index (χ1v) is 6.57. The second-order valence-corrected chi connectivity index (χ2v) is 5.03. The highest BCUT2D eigenvalue weighted by Gasteiger charge is 2.27. The average molecular weight is 291 g/mol. The Morgan fingerprint density at radius 1 is 1.38 bits per heavy atom. The number of hydrogen-bond acceptors (Lipinski definition) is 4. The number of H-pyrrole nitrogens is 1. The molecule has 2 atom stereocenters. The number of fused-ring (bicyclic) bond motifs is 1. The van der Waals surface area contributed by atoms with Gasteiger partial charge in [0.25, 0.3) is 5.91 Å². The summed E-state index contributed by atoms with van der Waals surface area (Å²) < 4.78 is 13.2. The fourth-order valence-electron chi connectivity index (χ4n) is 2.42. The summed E-state index contributed by atoms with van der Waals surface area (Å²) in [5.41, 5.74) is -0.186.